The summed E-state index contributed by atoms with van der Waals surface area (Å²) < 4.78 is 39.4. The summed E-state index contributed by atoms with van der Waals surface area (Å²) in [6, 6.07) is 6.23. The van der Waals surface area contributed by atoms with E-state index in [1.54, 1.807) is 29.9 Å². The Bertz CT molecular complexity index is 670. The molecule has 0 aliphatic rings. The molecule has 0 aliphatic heterocycles. The van der Waals surface area contributed by atoms with Crippen molar-refractivity contribution in [1.82, 2.24) is 9.55 Å². The van der Waals surface area contributed by atoms with Crippen LogP contribution < -0.4 is 0 Å². The summed E-state index contributed by atoms with van der Waals surface area (Å²) >= 11 is 5.86. The normalized spacial score (nSPS) is 13.0. The Morgan fingerprint density at radius 3 is 2.60 bits per heavy atom. The van der Waals surface area contributed by atoms with Crippen LogP contribution in [0.3, 0.4) is 0 Å². The van der Waals surface area contributed by atoms with E-state index in [4.69, 9.17) is 11.6 Å². The molecule has 0 fully saturated rings. The van der Waals surface area contributed by atoms with Crippen molar-refractivity contribution < 1.29 is 13.2 Å². The molecule has 2 aromatic heterocycles. The molecule has 0 spiro atoms. The van der Waals surface area contributed by atoms with Gasteiger partial charge in [-0.1, -0.05) is 11.6 Å². The molecule has 0 aliphatic carbocycles. The van der Waals surface area contributed by atoms with Crippen LogP contribution in [0.4, 0.5) is 13.2 Å². The van der Waals surface area contributed by atoms with Crippen LogP contribution in [0.1, 0.15) is 22.9 Å². The van der Waals surface area contributed by atoms with E-state index in [2.05, 4.69) is 4.98 Å². The maximum absolute atomic E-state index is 12.6. The Labute approximate surface area is 118 Å². The molecular weight excluding hydrogens is 291 g/mol. The molecule has 0 unspecified atom stereocenters. The number of alkyl halides is 3. The number of halogens is 4. The fraction of sp³-hybridized carbons (Fsp3) is 0.231. The van der Waals surface area contributed by atoms with Crippen molar-refractivity contribution in [2.24, 2.45) is 7.05 Å². The van der Waals surface area contributed by atoms with Gasteiger partial charge in [0.1, 0.15) is 5.92 Å². The predicted molar refractivity (Wildman–Crippen MR) is 67.1 cm³/mol. The standard InChI is InChI=1S/C13H9ClF3N3/c1-20-4-2-3-11(20)9(6-18)12-10(14)5-8(7-19-12)13(15,16)17/h2-5,7,9H,1H3/t9-/m0/s1. The Morgan fingerprint density at radius 2 is 2.15 bits per heavy atom. The summed E-state index contributed by atoms with van der Waals surface area (Å²) in [7, 11) is 1.73. The summed E-state index contributed by atoms with van der Waals surface area (Å²) in [5.41, 5.74) is -0.208. The molecule has 7 heteroatoms. The van der Waals surface area contributed by atoms with Gasteiger partial charge in [0.05, 0.1) is 22.3 Å². The highest BCUT2D eigenvalue weighted by Crippen LogP contribution is 2.34. The fourth-order valence-electron chi connectivity index (χ4n) is 1.86. The van der Waals surface area contributed by atoms with E-state index in [0.29, 0.717) is 11.9 Å². The van der Waals surface area contributed by atoms with Crippen molar-refractivity contribution >= 4 is 11.6 Å². The van der Waals surface area contributed by atoms with E-state index in [-0.39, 0.29) is 10.7 Å². The Hall–Kier alpha value is -2.00. The third-order valence-electron chi connectivity index (χ3n) is 2.88. The summed E-state index contributed by atoms with van der Waals surface area (Å²) in [5, 5.41) is 9.07. The van der Waals surface area contributed by atoms with Gasteiger partial charge in [-0.05, 0) is 18.2 Å². The monoisotopic (exact) mass is 299 g/mol. The molecular formula is C13H9ClF3N3. The van der Waals surface area contributed by atoms with Gasteiger partial charge in [0.15, 0.2) is 0 Å². The van der Waals surface area contributed by atoms with E-state index < -0.39 is 17.7 Å². The number of nitrogens with zero attached hydrogens (tertiary/aromatic N) is 3. The molecule has 0 saturated carbocycles. The van der Waals surface area contributed by atoms with Crippen LogP contribution in [0, 0.1) is 11.3 Å². The van der Waals surface area contributed by atoms with Gasteiger partial charge < -0.3 is 4.57 Å². The van der Waals surface area contributed by atoms with Crippen molar-refractivity contribution in [1.29, 1.82) is 5.26 Å². The number of rotatable bonds is 2. The zero-order chi connectivity index (χ0) is 14.9. The smallest absolute Gasteiger partial charge is 0.353 e. The first-order chi connectivity index (χ1) is 9.34. The quantitative estimate of drug-likeness (QED) is 0.847. The molecule has 1 atom stereocenters. The lowest BCUT2D eigenvalue weighted by atomic mass is 10.0. The van der Waals surface area contributed by atoms with E-state index >= 15 is 0 Å². The number of hydrogen-bond donors (Lipinski definition) is 0. The zero-order valence-electron chi connectivity index (χ0n) is 10.3. The molecule has 0 radical (unpaired) electrons. The lowest BCUT2D eigenvalue weighted by Crippen LogP contribution is -2.10. The SMILES string of the molecule is Cn1cccc1[C@H](C#N)c1ncc(C(F)(F)F)cc1Cl. The van der Waals surface area contributed by atoms with Crippen molar-refractivity contribution in [3.05, 3.63) is 52.6 Å². The Balaban J connectivity index is 2.48. The van der Waals surface area contributed by atoms with Gasteiger partial charge in [0.2, 0.25) is 0 Å². The summed E-state index contributed by atoms with van der Waals surface area (Å²) in [4.78, 5) is 3.73. The molecule has 3 nitrogen and oxygen atoms in total. The number of hydrogen-bond acceptors (Lipinski definition) is 2. The van der Waals surface area contributed by atoms with Crippen molar-refractivity contribution in [2.75, 3.05) is 0 Å². The lowest BCUT2D eigenvalue weighted by Gasteiger charge is -2.13. The van der Waals surface area contributed by atoms with Gasteiger partial charge in [0.25, 0.3) is 0 Å². The minimum absolute atomic E-state index is 0.115. The number of nitriles is 1. The summed E-state index contributed by atoms with van der Waals surface area (Å²) in [6.45, 7) is 0. The highest BCUT2D eigenvalue weighted by atomic mass is 35.5. The first kappa shape index (κ1) is 14.4. The minimum Gasteiger partial charge on any atom is -0.353 e. The molecule has 0 N–H and O–H groups in total. The van der Waals surface area contributed by atoms with Gasteiger partial charge in [0, 0.05) is 25.1 Å². The van der Waals surface area contributed by atoms with Crippen LogP contribution in [-0.4, -0.2) is 9.55 Å². The molecule has 104 valence electrons. The minimum atomic E-state index is -4.51. The van der Waals surface area contributed by atoms with Gasteiger partial charge >= 0.3 is 6.18 Å². The first-order valence-corrected chi connectivity index (χ1v) is 5.96. The second-order valence-electron chi connectivity index (χ2n) is 4.19. The second kappa shape index (κ2) is 5.17. The first-order valence-electron chi connectivity index (χ1n) is 5.58. The molecule has 2 heterocycles. The van der Waals surface area contributed by atoms with E-state index in [1.165, 1.54) is 0 Å². The van der Waals surface area contributed by atoms with Crippen LogP contribution >= 0.6 is 11.6 Å². The molecule has 0 amide bonds. The topological polar surface area (TPSA) is 41.6 Å². The molecule has 0 bridgehead atoms. The van der Waals surface area contributed by atoms with Crippen molar-refractivity contribution in [2.45, 2.75) is 12.1 Å². The van der Waals surface area contributed by atoms with Crippen LogP contribution in [0.2, 0.25) is 5.02 Å². The Morgan fingerprint density at radius 1 is 1.45 bits per heavy atom. The van der Waals surface area contributed by atoms with Crippen molar-refractivity contribution in [3.8, 4) is 6.07 Å². The van der Waals surface area contributed by atoms with Gasteiger partial charge in [-0.2, -0.15) is 18.4 Å². The molecule has 2 rings (SSSR count). The number of aromatic nitrogens is 2. The largest absolute Gasteiger partial charge is 0.417 e. The third kappa shape index (κ3) is 2.63. The molecule has 0 saturated heterocycles. The molecule has 2 aromatic rings. The van der Waals surface area contributed by atoms with Crippen LogP contribution in [0.25, 0.3) is 0 Å². The zero-order valence-corrected chi connectivity index (χ0v) is 11.1. The van der Waals surface area contributed by atoms with E-state index in [9.17, 15) is 18.4 Å². The molecule has 0 aromatic carbocycles. The maximum atomic E-state index is 12.6. The number of pyridine rings is 1. The summed E-state index contributed by atoms with van der Waals surface area (Å²) in [5.74, 6) is -0.815. The second-order valence-corrected chi connectivity index (χ2v) is 4.60. The maximum Gasteiger partial charge on any atom is 0.417 e. The van der Waals surface area contributed by atoms with Gasteiger partial charge in [-0.15, -0.1) is 0 Å². The number of aryl methyl sites for hydroxylation is 1. The van der Waals surface area contributed by atoms with Crippen molar-refractivity contribution in [3.63, 3.8) is 0 Å². The van der Waals surface area contributed by atoms with Gasteiger partial charge in [-0.3, -0.25) is 4.98 Å². The Kier molecular flexibility index (Phi) is 3.73. The predicted octanol–water partition coefficient (Wildman–Crippen LogP) is 3.75. The average Bonchev–Trinajstić information content (AvgIpc) is 2.77. The summed E-state index contributed by atoms with van der Waals surface area (Å²) in [6.07, 6.45) is -2.09. The van der Waals surface area contributed by atoms with Crippen LogP contribution in [-0.2, 0) is 13.2 Å². The van der Waals surface area contributed by atoms with E-state index in [0.717, 1.165) is 6.07 Å². The van der Waals surface area contributed by atoms with Crippen LogP contribution in [0.5, 0.6) is 0 Å². The van der Waals surface area contributed by atoms with Crippen LogP contribution in [0.15, 0.2) is 30.6 Å². The average molecular weight is 300 g/mol. The highest BCUT2D eigenvalue weighted by Gasteiger charge is 2.32. The highest BCUT2D eigenvalue weighted by molar-refractivity contribution is 6.31. The lowest BCUT2D eigenvalue weighted by molar-refractivity contribution is -0.137. The molecule has 20 heavy (non-hydrogen) atoms. The third-order valence-corrected chi connectivity index (χ3v) is 3.18. The van der Waals surface area contributed by atoms with Gasteiger partial charge in [-0.25, -0.2) is 0 Å². The van der Waals surface area contributed by atoms with E-state index in [1.807, 2.05) is 6.07 Å². The fourth-order valence-corrected chi connectivity index (χ4v) is 2.13.